The number of H-pyrrole nitrogens is 1. The number of hydrogen-bond acceptors (Lipinski definition) is 3. The standard InChI is InChI=1S/C32H44N6O2/c1-7-37(8-2)30(39)32(5,6)25-9-10-28-27(20-25)26(29(36-28)24-18-22(3)17-23(4)19-24)11-12-34-31(35-21-33)38-13-15-40-16-14-38/h9-10,17-21,36H,7-8,11-16H2,1-6H3,(H2,33,34,35). The van der Waals surface area contributed by atoms with Gasteiger partial charge in [0.1, 0.15) is 0 Å². The number of hydrogen-bond donors (Lipinski definition) is 2. The van der Waals surface area contributed by atoms with Crippen LogP contribution in [0.3, 0.4) is 0 Å². The molecule has 0 aliphatic carbocycles. The summed E-state index contributed by atoms with van der Waals surface area (Å²) in [5.41, 5.74) is 13.0. The van der Waals surface area contributed by atoms with Gasteiger partial charge in [-0.15, -0.1) is 0 Å². The molecule has 3 N–H and O–H groups in total. The molecule has 1 fully saturated rings. The zero-order valence-electron chi connectivity index (χ0n) is 24.9. The maximum absolute atomic E-state index is 13.5. The Balaban J connectivity index is 1.78. The molecule has 0 bridgehead atoms. The summed E-state index contributed by atoms with van der Waals surface area (Å²) < 4.78 is 5.50. The predicted molar refractivity (Wildman–Crippen MR) is 165 cm³/mol. The summed E-state index contributed by atoms with van der Waals surface area (Å²) in [5.74, 6) is 0.785. The van der Waals surface area contributed by atoms with Crippen molar-refractivity contribution in [2.24, 2.45) is 15.7 Å². The van der Waals surface area contributed by atoms with Crippen LogP contribution in [0.1, 0.15) is 49.9 Å². The second-order valence-corrected chi connectivity index (χ2v) is 11.0. The van der Waals surface area contributed by atoms with Gasteiger partial charge < -0.3 is 25.3 Å². The second-order valence-electron chi connectivity index (χ2n) is 11.0. The number of nitrogens with two attached hydrogens (primary N) is 1. The summed E-state index contributed by atoms with van der Waals surface area (Å²) >= 11 is 0. The van der Waals surface area contributed by atoms with Crippen molar-refractivity contribution in [3.05, 3.63) is 58.7 Å². The fourth-order valence-corrected chi connectivity index (χ4v) is 5.61. The molecular weight excluding hydrogens is 500 g/mol. The summed E-state index contributed by atoms with van der Waals surface area (Å²) in [6.45, 7) is 17.1. The molecule has 4 rings (SSSR count). The van der Waals surface area contributed by atoms with Crippen LogP contribution in [0.4, 0.5) is 0 Å². The molecule has 2 aromatic carbocycles. The lowest BCUT2D eigenvalue weighted by molar-refractivity contribution is -0.135. The van der Waals surface area contributed by atoms with E-state index >= 15 is 0 Å². The van der Waals surface area contributed by atoms with E-state index in [2.05, 4.69) is 65.1 Å². The van der Waals surface area contributed by atoms with Crippen LogP contribution in [-0.2, 0) is 21.4 Å². The SMILES string of the molecule is CCN(CC)C(=O)C(C)(C)c1ccc2[nH]c(-c3cc(C)cc(C)c3)c(CCN=C(/N=C/N)N3CCOCC3)c2c1. The monoisotopic (exact) mass is 544 g/mol. The number of nitrogens with zero attached hydrogens (tertiary/aromatic N) is 4. The second kappa shape index (κ2) is 12.7. The van der Waals surface area contributed by atoms with Crippen molar-refractivity contribution in [1.82, 2.24) is 14.8 Å². The summed E-state index contributed by atoms with van der Waals surface area (Å²) in [7, 11) is 0. The van der Waals surface area contributed by atoms with Crippen molar-refractivity contribution in [3.8, 4) is 11.3 Å². The topological polar surface area (TPSA) is 99.3 Å². The Morgan fingerprint density at radius 3 is 2.40 bits per heavy atom. The number of likely N-dealkylation sites (N-methyl/N-ethyl adjacent to an activating group) is 1. The number of amides is 1. The van der Waals surface area contributed by atoms with Crippen LogP contribution in [0.25, 0.3) is 22.2 Å². The van der Waals surface area contributed by atoms with Gasteiger partial charge in [-0.3, -0.25) is 9.79 Å². The molecule has 0 atom stereocenters. The number of aromatic amines is 1. The first-order valence-corrected chi connectivity index (χ1v) is 14.3. The number of aliphatic imine (C=N–C) groups is 2. The highest BCUT2D eigenvalue weighted by atomic mass is 16.5. The van der Waals surface area contributed by atoms with Gasteiger partial charge in [0.2, 0.25) is 11.9 Å². The largest absolute Gasteiger partial charge is 0.390 e. The maximum atomic E-state index is 13.5. The first-order chi connectivity index (χ1) is 19.2. The molecule has 1 saturated heterocycles. The number of ether oxygens (including phenoxy) is 1. The maximum Gasteiger partial charge on any atom is 0.232 e. The van der Waals surface area contributed by atoms with E-state index in [1.54, 1.807) is 0 Å². The third-order valence-electron chi connectivity index (χ3n) is 7.82. The van der Waals surface area contributed by atoms with Gasteiger partial charge in [-0.25, -0.2) is 4.99 Å². The molecule has 0 saturated carbocycles. The molecule has 1 aliphatic heterocycles. The third kappa shape index (κ3) is 6.22. The first-order valence-electron chi connectivity index (χ1n) is 14.3. The molecule has 2 heterocycles. The number of aryl methyl sites for hydroxylation is 2. The number of morpholine rings is 1. The molecule has 1 amide bonds. The van der Waals surface area contributed by atoms with Crippen LogP contribution >= 0.6 is 0 Å². The number of aromatic nitrogens is 1. The van der Waals surface area contributed by atoms with Crippen molar-refractivity contribution in [2.75, 3.05) is 45.9 Å². The van der Waals surface area contributed by atoms with Crippen molar-refractivity contribution in [3.63, 3.8) is 0 Å². The Hall–Kier alpha value is -3.65. The minimum Gasteiger partial charge on any atom is -0.390 e. The van der Waals surface area contributed by atoms with E-state index in [1.807, 2.05) is 32.6 Å². The summed E-state index contributed by atoms with van der Waals surface area (Å²) in [5, 5.41) is 1.12. The molecule has 8 nitrogen and oxygen atoms in total. The molecule has 0 spiro atoms. The predicted octanol–water partition coefficient (Wildman–Crippen LogP) is 4.82. The molecular formula is C32H44N6O2. The number of benzene rings is 2. The quantitative estimate of drug-likeness (QED) is 0.314. The van der Waals surface area contributed by atoms with E-state index in [0.29, 0.717) is 45.2 Å². The van der Waals surface area contributed by atoms with Gasteiger partial charge in [-0.05, 0) is 88.9 Å². The molecule has 214 valence electrons. The Bertz CT molecular complexity index is 1370. The third-order valence-corrected chi connectivity index (χ3v) is 7.82. The van der Waals surface area contributed by atoms with Crippen LogP contribution in [0.5, 0.6) is 0 Å². The van der Waals surface area contributed by atoms with E-state index in [4.69, 9.17) is 15.5 Å². The minimum atomic E-state index is -0.646. The number of fused-ring (bicyclic) bond motifs is 1. The van der Waals surface area contributed by atoms with Gasteiger partial charge in [0.05, 0.1) is 25.0 Å². The first kappa shape index (κ1) is 29.3. The Kier molecular flexibility index (Phi) is 9.30. The minimum absolute atomic E-state index is 0.142. The van der Waals surface area contributed by atoms with Crippen LogP contribution in [0.15, 0.2) is 46.4 Å². The van der Waals surface area contributed by atoms with Crippen LogP contribution in [-0.4, -0.2) is 78.9 Å². The Morgan fingerprint density at radius 2 is 1.77 bits per heavy atom. The summed E-state index contributed by atoms with van der Waals surface area (Å²) in [6, 6.07) is 13.0. The molecule has 1 aromatic heterocycles. The molecule has 40 heavy (non-hydrogen) atoms. The Morgan fingerprint density at radius 1 is 1.10 bits per heavy atom. The van der Waals surface area contributed by atoms with Gasteiger partial charge >= 0.3 is 0 Å². The smallest absolute Gasteiger partial charge is 0.232 e. The normalized spacial score (nSPS) is 14.8. The van der Waals surface area contributed by atoms with E-state index in [9.17, 15) is 4.79 Å². The molecule has 1 aliphatic rings. The van der Waals surface area contributed by atoms with Crippen molar-refractivity contribution in [1.29, 1.82) is 0 Å². The number of guanidine groups is 1. The van der Waals surface area contributed by atoms with Gasteiger partial charge in [0.25, 0.3) is 0 Å². The zero-order valence-corrected chi connectivity index (χ0v) is 24.9. The lowest BCUT2D eigenvalue weighted by atomic mass is 9.82. The summed E-state index contributed by atoms with van der Waals surface area (Å²) in [6.07, 6.45) is 2.02. The zero-order chi connectivity index (χ0) is 28.9. The number of carbonyl (C=O) groups excluding carboxylic acids is 1. The van der Waals surface area contributed by atoms with Crippen molar-refractivity contribution >= 4 is 29.1 Å². The van der Waals surface area contributed by atoms with Crippen LogP contribution in [0, 0.1) is 13.8 Å². The van der Waals surface area contributed by atoms with Gasteiger partial charge in [-0.1, -0.05) is 23.3 Å². The Labute approximate surface area is 238 Å². The van der Waals surface area contributed by atoms with E-state index in [1.165, 1.54) is 23.0 Å². The highest BCUT2D eigenvalue weighted by Crippen LogP contribution is 2.35. The molecule has 0 unspecified atom stereocenters. The van der Waals surface area contributed by atoms with Crippen LogP contribution < -0.4 is 5.73 Å². The van der Waals surface area contributed by atoms with E-state index in [0.717, 1.165) is 40.8 Å². The van der Waals surface area contributed by atoms with Gasteiger partial charge in [0, 0.05) is 49.3 Å². The molecule has 0 radical (unpaired) electrons. The fourth-order valence-electron chi connectivity index (χ4n) is 5.61. The van der Waals surface area contributed by atoms with Gasteiger partial charge in [-0.2, -0.15) is 0 Å². The molecule has 3 aromatic rings. The van der Waals surface area contributed by atoms with Crippen LogP contribution in [0.2, 0.25) is 0 Å². The fraction of sp³-hybridized carbons (Fsp3) is 0.469. The molecule has 8 heteroatoms. The number of rotatable bonds is 8. The average molecular weight is 545 g/mol. The lowest BCUT2D eigenvalue weighted by Gasteiger charge is -2.31. The van der Waals surface area contributed by atoms with Gasteiger partial charge in [0.15, 0.2) is 0 Å². The number of nitrogens with one attached hydrogen (secondary N) is 1. The van der Waals surface area contributed by atoms with E-state index < -0.39 is 5.41 Å². The number of carbonyl (C=O) groups is 1. The highest BCUT2D eigenvalue weighted by molar-refractivity contribution is 5.94. The lowest BCUT2D eigenvalue weighted by Crippen LogP contribution is -2.43. The van der Waals surface area contributed by atoms with E-state index in [-0.39, 0.29) is 5.91 Å². The average Bonchev–Trinajstić information content (AvgIpc) is 3.31. The van der Waals surface area contributed by atoms with Crippen molar-refractivity contribution in [2.45, 2.75) is 53.4 Å². The highest BCUT2D eigenvalue weighted by Gasteiger charge is 2.33. The summed E-state index contributed by atoms with van der Waals surface area (Å²) in [4.78, 5) is 30.4. The van der Waals surface area contributed by atoms with Crippen molar-refractivity contribution < 1.29 is 9.53 Å².